The number of nitrogens with zero attached hydrogens (tertiary/aromatic N) is 2. The molecule has 0 aliphatic heterocycles. The summed E-state index contributed by atoms with van der Waals surface area (Å²) in [6.07, 6.45) is -0.582. The summed E-state index contributed by atoms with van der Waals surface area (Å²) in [4.78, 5) is 29.4. The van der Waals surface area contributed by atoms with Crippen molar-refractivity contribution in [2.45, 2.75) is 13.3 Å². The third kappa shape index (κ3) is 6.19. The number of rotatable bonds is 8. The molecule has 0 aliphatic carbocycles. The van der Waals surface area contributed by atoms with Crippen molar-refractivity contribution in [2.75, 3.05) is 36.2 Å². The van der Waals surface area contributed by atoms with Crippen molar-refractivity contribution in [3.8, 4) is 5.75 Å². The zero-order valence-corrected chi connectivity index (χ0v) is 18.3. The SMILES string of the molecule is Cc1ccc(C(=O)Nc2ccc(OCCc3csc(NC(=O)O)n3)cc2)c(N(C)C)c1. The fourth-order valence-electron chi connectivity index (χ4n) is 2.88. The lowest BCUT2D eigenvalue weighted by atomic mass is 10.1. The summed E-state index contributed by atoms with van der Waals surface area (Å²) < 4.78 is 5.72. The van der Waals surface area contributed by atoms with Crippen LogP contribution < -0.4 is 20.3 Å². The number of benzene rings is 2. The van der Waals surface area contributed by atoms with Crippen molar-refractivity contribution in [3.63, 3.8) is 0 Å². The Kier molecular flexibility index (Phi) is 7.09. The van der Waals surface area contributed by atoms with Gasteiger partial charge in [0.1, 0.15) is 5.75 Å². The van der Waals surface area contributed by atoms with E-state index in [0.29, 0.717) is 35.2 Å². The Morgan fingerprint density at radius 1 is 1.13 bits per heavy atom. The normalized spacial score (nSPS) is 10.4. The molecule has 3 N–H and O–H groups in total. The molecule has 3 aromatic rings. The summed E-state index contributed by atoms with van der Waals surface area (Å²) in [5.41, 5.74) is 3.99. The van der Waals surface area contributed by atoms with E-state index in [0.717, 1.165) is 16.9 Å². The molecule has 31 heavy (non-hydrogen) atoms. The summed E-state index contributed by atoms with van der Waals surface area (Å²) in [5.74, 6) is 0.494. The maximum Gasteiger partial charge on any atom is 0.410 e. The highest BCUT2D eigenvalue weighted by molar-refractivity contribution is 7.13. The van der Waals surface area contributed by atoms with E-state index in [4.69, 9.17) is 9.84 Å². The Hall–Kier alpha value is -3.59. The minimum absolute atomic E-state index is 0.174. The summed E-state index contributed by atoms with van der Waals surface area (Å²) in [6.45, 7) is 2.39. The van der Waals surface area contributed by atoms with Crippen molar-refractivity contribution in [2.24, 2.45) is 0 Å². The second kappa shape index (κ2) is 9.94. The number of carboxylic acid groups (broad SMARTS) is 1. The van der Waals surface area contributed by atoms with Gasteiger partial charge in [-0.15, -0.1) is 11.3 Å². The van der Waals surface area contributed by atoms with Gasteiger partial charge < -0.3 is 20.1 Å². The van der Waals surface area contributed by atoms with Gasteiger partial charge in [0, 0.05) is 37.3 Å². The van der Waals surface area contributed by atoms with E-state index in [2.05, 4.69) is 15.6 Å². The molecule has 0 aliphatic rings. The van der Waals surface area contributed by atoms with E-state index in [1.165, 1.54) is 11.3 Å². The highest BCUT2D eigenvalue weighted by Crippen LogP contribution is 2.23. The maximum absolute atomic E-state index is 12.7. The van der Waals surface area contributed by atoms with Crippen LogP contribution in [-0.2, 0) is 6.42 Å². The number of nitrogens with one attached hydrogen (secondary N) is 2. The molecule has 0 unspecified atom stereocenters. The van der Waals surface area contributed by atoms with Crippen LogP contribution in [0.25, 0.3) is 0 Å². The molecule has 0 atom stereocenters. The standard InChI is InChI=1S/C22H24N4O4S/c1-14-4-9-18(19(12-14)26(2)3)20(27)23-15-5-7-17(8-6-15)30-11-10-16-13-31-21(24-16)25-22(28)29/h4-9,12-13H,10-11H2,1-3H3,(H,23,27)(H,24,25)(H,28,29). The fraction of sp³-hybridized carbons (Fsp3) is 0.227. The number of hydrogen-bond acceptors (Lipinski definition) is 6. The van der Waals surface area contributed by atoms with Crippen molar-refractivity contribution < 1.29 is 19.4 Å². The molecule has 0 radical (unpaired) electrons. The van der Waals surface area contributed by atoms with Crippen molar-refractivity contribution in [3.05, 3.63) is 64.7 Å². The largest absolute Gasteiger partial charge is 0.493 e. The second-order valence-corrected chi connectivity index (χ2v) is 7.92. The van der Waals surface area contributed by atoms with Gasteiger partial charge >= 0.3 is 6.09 Å². The van der Waals surface area contributed by atoms with Crippen molar-refractivity contribution >= 4 is 39.8 Å². The van der Waals surface area contributed by atoms with Crippen LogP contribution in [0.4, 0.5) is 21.3 Å². The smallest absolute Gasteiger partial charge is 0.410 e. The topological polar surface area (TPSA) is 104 Å². The number of anilines is 3. The molecule has 0 bridgehead atoms. The van der Waals surface area contributed by atoms with Crippen molar-refractivity contribution in [1.82, 2.24) is 4.98 Å². The van der Waals surface area contributed by atoms with Crippen LogP contribution in [-0.4, -0.2) is 42.8 Å². The quantitative estimate of drug-likeness (QED) is 0.477. The zero-order chi connectivity index (χ0) is 22.4. The number of ether oxygens (including phenoxy) is 1. The molecule has 8 nitrogen and oxygen atoms in total. The molecule has 0 fully saturated rings. The molecule has 2 aromatic carbocycles. The van der Waals surface area contributed by atoms with E-state index in [-0.39, 0.29) is 5.91 Å². The summed E-state index contributed by atoms with van der Waals surface area (Å²) >= 11 is 1.23. The highest BCUT2D eigenvalue weighted by Gasteiger charge is 2.13. The zero-order valence-electron chi connectivity index (χ0n) is 17.5. The number of carbonyl (C=O) groups excluding carboxylic acids is 1. The Bertz CT molecular complexity index is 1060. The van der Waals surface area contributed by atoms with Crippen LogP contribution in [0.3, 0.4) is 0 Å². The Labute approximate surface area is 184 Å². The average molecular weight is 441 g/mol. The van der Waals surface area contributed by atoms with E-state index in [1.807, 2.05) is 44.1 Å². The lowest BCUT2D eigenvalue weighted by molar-refractivity contribution is 0.102. The molecule has 1 heterocycles. The molecule has 9 heteroatoms. The molecule has 0 spiro atoms. The predicted octanol–water partition coefficient (Wildman–Crippen LogP) is 4.48. The number of amides is 2. The van der Waals surface area contributed by atoms with Crippen molar-refractivity contribution in [1.29, 1.82) is 0 Å². The van der Waals surface area contributed by atoms with Crippen LogP contribution in [0.1, 0.15) is 21.6 Å². The third-order valence-corrected chi connectivity index (χ3v) is 5.19. The third-order valence-electron chi connectivity index (χ3n) is 4.38. The number of thiazole rings is 1. The number of hydrogen-bond donors (Lipinski definition) is 3. The first-order valence-corrected chi connectivity index (χ1v) is 10.5. The van der Waals surface area contributed by atoms with Gasteiger partial charge in [0.25, 0.3) is 5.91 Å². The van der Waals surface area contributed by atoms with Gasteiger partial charge in [-0.1, -0.05) is 6.07 Å². The number of carbonyl (C=O) groups is 2. The summed E-state index contributed by atoms with van der Waals surface area (Å²) in [7, 11) is 3.82. The lowest BCUT2D eigenvalue weighted by Crippen LogP contribution is -2.18. The minimum atomic E-state index is -1.13. The van der Waals surface area contributed by atoms with Crippen LogP contribution in [0, 0.1) is 6.92 Å². The second-order valence-electron chi connectivity index (χ2n) is 7.07. The first kappa shape index (κ1) is 22.1. The van der Waals surface area contributed by atoms with Crippen LogP contribution >= 0.6 is 11.3 Å². The average Bonchev–Trinajstić information content (AvgIpc) is 3.15. The molecule has 3 rings (SSSR count). The molecule has 2 amide bonds. The molecule has 162 valence electrons. The number of aryl methyl sites for hydroxylation is 1. The Morgan fingerprint density at radius 2 is 1.87 bits per heavy atom. The molecule has 0 saturated carbocycles. The van der Waals surface area contributed by atoms with Gasteiger partial charge in [0.05, 0.1) is 17.9 Å². The van der Waals surface area contributed by atoms with E-state index >= 15 is 0 Å². The van der Waals surface area contributed by atoms with Gasteiger partial charge in [-0.05, 0) is 48.9 Å². The maximum atomic E-state index is 12.7. The molecule has 1 aromatic heterocycles. The Balaban J connectivity index is 1.54. The van der Waals surface area contributed by atoms with Gasteiger partial charge in [-0.3, -0.25) is 10.1 Å². The van der Waals surface area contributed by atoms with Gasteiger partial charge in [-0.2, -0.15) is 0 Å². The lowest BCUT2D eigenvalue weighted by Gasteiger charge is -2.18. The monoisotopic (exact) mass is 440 g/mol. The summed E-state index contributed by atoms with van der Waals surface area (Å²) in [6, 6.07) is 12.9. The van der Waals surface area contributed by atoms with Gasteiger partial charge in [-0.25, -0.2) is 9.78 Å². The van der Waals surface area contributed by atoms with Gasteiger partial charge in [0.2, 0.25) is 0 Å². The fourth-order valence-corrected chi connectivity index (χ4v) is 3.62. The Morgan fingerprint density at radius 3 is 2.55 bits per heavy atom. The predicted molar refractivity (Wildman–Crippen MR) is 123 cm³/mol. The molecular weight excluding hydrogens is 416 g/mol. The number of aromatic nitrogens is 1. The minimum Gasteiger partial charge on any atom is -0.493 e. The molecular formula is C22H24N4O4S. The molecule has 0 saturated heterocycles. The van der Waals surface area contributed by atoms with E-state index in [9.17, 15) is 9.59 Å². The first-order valence-electron chi connectivity index (χ1n) is 9.58. The van der Waals surface area contributed by atoms with E-state index < -0.39 is 6.09 Å². The van der Waals surface area contributed by atoms with Crippen LogP contribution in [0.5, 0.6) is 5.75 Å². The summed E-state index contributed by atoms with van der Waals surface area (Å²) in [5, 5.41) is 16.0. The van der Waals surface area contributed by atoms with Gasteiger partial charge in [0.15, 0.2) is 5.13 Å². The van der Waals surface area contributed by atoms with E-state index in [1.54, 1.807) is 29.6 Å². The first-order chi connectivity index (χ1) is 14.8. The van der Waals surface area contributed by atoms with Crippen LogP contribution in [0.2, 0.25) is 0 Å². The van der Waals surface area contributed by atoms with Crippen LogP contribution in [0.15, 0.2) is 47.8 Å². The highest BCUT2D eigenvalue weighted by atomic mass is 32.1.